The maximum Gasteiger partial charge on any atom is 0.415 e. The molecule has 1 aromatic heterocycles. The first-order valence-electron chi connectivity index (χ1n) is 15.8. The number of aromatic hydroxyl groups is 1. The summed E-state index contributed by atoms with van der Waals surface area (Å²) in [6.07, 6.45) is -4.46. The maximum absolute atomic E-state index is 13.8. The number of phenolic OH excluding ortho intramolecular Hbond substituents is 1. The number of halogens is 3. The van der Waals surface area contributed by atoms with Crippen LogP contribution in [0.1, 0.15) is 32.9 Å². The van der Waals surface area contributed by atoms with Crippen LogP contribution in [-0.4, -0.2) is 104 Å². The number of ether oxygens (including phenoxy) is 3. The lowest BCUT2D eigenvalue weighted by Crippen LogP contribution is -2.37. The quantitative estimate of drug-likeness (QED) is 0.131. The lowest BCUT2D eigenvalue weighted by atomic mass is 10.1. The van der Waals surface area contributed by atoms with E-state index in [0.717, 1.165) is 17.5 Å². The van der Waals surface area contributed by atoms with Crippen LogP contribution in [0.5, 0.6) is 5.75 Å². The second-order valence-corrected chi connectivity index (χ2v) is 12.6. The van der Waals surface area contributed by atoms with E-state index >= 15 is 0 Å². The molecule has 0 aliphatic rings. The zero-order valence-electron chi connectivity index (χ0n) is 28.3. The molecule has 48 heavy (non-hydrogen) atoms. The number of phenols is 1. The summed E-state index contributed by atoms with van der Waals surface area (Å²) in [5.74, 6) is 5.82. The largest absolute Gasteiger partial charge is 0.508 e. The van der Waals surface area contributed by atoms with E-state index in [0.29, 0.717) is 48.6 Å². The van der Waals surface area contributed by atoms with E-state index in [-0.39, 0.29) is 37.1 Å². The third kappa shape index (κ3) is 12.9. The molecule has 10 nitrogen and oxygen atoms in total. The molecule has 13 heteroatoms. The third-order valence-electron chi connectivity index (χ3n) is 6.97. The van der Waals surface area contributed by atoms with E-state index in [1.165, 1.54) is 17.0 Å². The Bertz CT molecular complexity index is 1520. The van der Waals surface area contributed by atoms with Crippen LogP contribution in [-0.2, 0) is 20.8 Å². The van der Waals surface area contributed by atoms with Crippen LogP contribution in [0, 0.1) is 17.8 Å². The van der Waals surface area contributed by atoms with Crippen LogP contribution in [0.25, 0.3) is 10.9 Å². The van der Waals surface area contributed by atoms with E-state index in [4.69, 9.17) is 19.3 Å². The summed E-state index contributed by atoms with van der Waals surface area (Å²) in [4.78, 5) is 16.3. The molecule has 1 unspecified atom stereocenters. The average molecular weight is 677 g/mol. The number of anilines is 2. The number of amides is 1. The lowest BCUT2D eigenvalue weighted by molar-refractivity contribution is -0.140. The van der Waals surface area contributed by atoms with E-state index in [1.54, 1.807) is 51.1 Å². The smallest absolute Gasteiger partial charge is 0.415 e. The van der Waals surface area contributed by atoms with Crippen molar-refractivity contribution in [1.29, 1.82) is 0 Å². The van der Waals surface area contributed by atoms with Gasteiger partial charge in [0, 0.05) is 36.8 Å². The Labute approximate surface area is 280 Å². The van der Waals surface area contributed by atoms with Gasteiger partial charge in [-0.25, -0.2) is 4.79 Å². The van der Waals surface area contributed by atoms with Gasteiger partial charge in [0.1, 0.15) is 17.9 Å². The predicted octanol–water partition coefficient (Wildman–Crippen LogP) is 5.71. The molecule has 0 saturated carbocycles. The lowest BCUT2D eigenvalue weighted by Gasteiger charge is -2.26. The second kappa shape index (κ2) is 18.0. The molecule has 1 atom stereocenters. The van der Waals surface area contributed by atoms with Crippen molar-refractivity contribution in [1.82, 2.24) is 9.47 Å². The SMILES string of the molecule is CN(C)CC(CCOCCOCCO)CNc1cccc2c1cc(C#CCN(C(=O)OC(C)(C)C)c1cccc(O)c1)n2CC(F)(F)F. The Hall–Kier alpha value is -3.96. The highest BCUT2D eigenvalue weighted by Gasteiger charge is 2.30. The van der Waals surface area contributed by atoms with Gasteiger partial charge in [0.05, 0.1) is 49.9 Å². The van der Waals surface area contributed by atoms with Crippen molar-refractivity contribution in [3.05, 3.63) is 54.2 Å². The van der Waals surface area contributed by atoms with Crippen LogP contribution in [0.15, 0.2) is 48.5 Å². The molecule has 0 fully saturated rings. The molecule has 1 amide bonds. The number of hydrogen-bond acceptors (Lipinski definition) is 8. The first-order valence-corrected chi connectivity index (χ1v) is 15.8. The number of nitrogens with one attached hydrogen (secondary N) is 1. The number of benzene rings is 2. The highest BCUT2D eigenvalue weighted by Crippen LogP contribution is 2.30. The van der Waals surface area contributed by atoms with Gasteiger partial charge >= 0.3 is 12.3 Å². The molecular weight excluding hydrogens is 629 g/mol. The summed E-state index contributed by atoms with van der Waals surface area (Å²) >= 11 is 0. The normalized spacial score (nSPS) is 12.5. The number of carbonyl (C=O) groups is 1. The molecule has 0 bridgehead atoms. The molecular formula is C35H47F3N4O6. The predicted molar refractivity (Wildman–Crippen MR) is 180 cm³/mol. The Kier molecular flexibility index (Phi) is 14.4. The number of aliphatic hydroxyl groups excluding tert-OH is 1. The van der Waals surface area contributed by atoms with Crippen molar-refractivity contribution in [2.24, 2.45) is 5.92 Å². The Morgan fingerprint density at radius 1 is 1.02 bits per heavy atom. The highest BCUT2D eigenvalue weighted by atomic mass is 19.4. The summed E-state index contributed by atoms with van der Waals surface area (Å²) in [6, 6.07) is 12.8. The molecule has 264 valence electrons. The molecule has 3 rings (SSSR count). The number of aliphatic hydroxyl groups is 1. The first-order chi connectivity index (χ1) is 22.7. The van der Waals surface area contributed by atoms with Crippen LogP contribution < -0.4 is 10.2 Å². The molecule has 0 radical (unpaired) electrons. The zero-order valence-corrected chi connectivity index (χ0v) is 28.3. The van der Waals surface area contributed by atoms with Gasteiger partial charge in [0.25, 0.3) is 0 Å². The second-order valence-electron chi connectivity index (χ2n) is 12.6. The minimum Gasteiger partial charge on any atom is -0.508 e. The highest BCUT2D eigenvalue weighted by molar-refractivity contribution is 5.94. The van der Waals surface area contributed by atoms with Gasteiger partial charge in [0.15, 0.2) is 0 Å². The monoisotopic (exact) mass is 676 g/mol. The summed E-state index contributed by atoms with van der Waals surface area (Å²) < 4.78 is 58.9. The minimum atomic E-state index is -4.50. The number of fused-ring (bicyclic) bond motifs is 1. The van der Waals surface area contributed by atoms with E-state index in [2.05, 4.69) is 22.1 Å². The molecule has 0 aliphatic heterocycles. The summed E-state index contributed by atoms with van der Waals surface area (Å²) in [6.45, 7) is 6.59. The zero-order chi connectivity index (χ0) is 35.3. The van der Waals surface area contributed by atoms with Crippen LogP contribution in [0.2, 0.25) is 0 Å². The van der Waals surface area contributed by atoms with Gasteiger partial charge in [-0.05, 0) is 83.5 Å². The molecule has 1 heterocycles. The Balaban J connectivity index is 1.87. The number of rotatable bonds is 16. The molecule has 0 saturated heterocycles. The van der Waals surface area contributed by atoms with Gasteiger partial charge in [-0.3, -0.25) is 4.90 Å². The summed E-state index contributed by atoms with van der Waals surface area (Å²) in [5, 5.41) is 22.8. The van der Waals surface area contributed by atoms with Crippen molar-refractivity contribution >= 4 is 28.4 Å². The fourth-order valence-electron chi connectivity index (χ4n) is 5.01. The molecule has 0 spiro atoms. The van der Waals surface area contributed by atoms with Crippen molar-refractivity contribution in [2.75, 3.05) is 77.0 Å². The fourth-order valence-corrected chi connectivity index (χ4v) is 5.01. The number of hydrogen-bond donors (Lipinski definition) is 3. The van der Waals surface area contributed by atoms with Gasteiger partial charge in [-0.2, -0.15) is 13.2 Å². The summed E-state index contributed by atoms with van der Waals surface area (Å²) in [7, 11) is 3.95. The number of carbonyl (C=O) groups excluding carboxylic acids is 1. The van der Waals surface area contributed by atoms with Gasteiger partial charge in [-0.15, -0.1) is 0 Å². The van der Waals surface area contributed by atoms with Crippen molar-refractivity contribution < 1.29 is 42.4 Å². The van der Waals surface area contributed by atoms with Crippen molar-refractivity contribution in [2.45, 2.75) is 45.5 Å². The fraction of sp³-hybridized carbons (Fsp3) is 0.514. The summed E-state index contributed by atoms with van der Waals surface area (Å²) in [5.41, 5.74) is 0.700. The molecule has 2 aromatic carbocycles. The molecule has 3 aromatic rings. The average Bonchev–Trinajstić information content (AvgIpc) is 3.32. The van der Waals surface area contributed by atoms with E-state index < -0.39 is 24.4 Å². The Morgan fingerprint density at radius 2 is 1.73 bits per heavy atom. The van der Waals surface area contributed by atoms with Crippen molar-refractivity contribution in [3.8, 4) is 17.6 Å². The first kappa shape index (κ1) is 38.5. The molecule has 3 N–H and O–H groups in total. The number of nitrogens with zero attached hydrogens (tertiary/aromatic N) is 3. The third-order valence-corrected chi connectivity index (χ3v) is 6.97. The number of aromatic nitrogens is 1. The van der Waals surface area contributed by atoms with Gasteiger partial charge in [0.2, 0.25) is 0 Å². The topological polar surface area (TPSA) is 109 Å². The van der Waals surface area contributed by atoms with E-state index in [1.807, 2.05) is 20.2 Å². The van der Waals surface area contributed by atoms with Crippen molar-refractivity contribution in [3.63, 3.8) is 0 Å². The van der Waals surface area contributed by atoms with Crippen LogP contribution >= 0.6 is 0 Å². The van der Waals surface area contributed by atoms with Crippen LogP contribution in [0.4, 0.5) is 29.3 Å². The number of alkyl halides is 3. The minimum absolute atomic E-state index is 0.0376. The van der Waals surface area contributed by atoms with E-state index in [9.17, 15) is 23.1 Å². The van der Waals surface area contributed by atoms with Gasteiger partial charge < -0.3 is 39.2 Å². The van der Waals surface area contributed by atoms with Crippen LogP contribution in [0.3, 0.4) is 0 Å². The standard InChI is InChI=1S/C35H47F3N4O6/c1-34(2,3)48-33(45)41(27-9-6-11-29(44)21-27)15-8-10-28-22-30-31(12-7-13-32(30)42(28)25-35(36,37)38)39-23-26(24-40(4)5)14-17-46-19-20-47-18-16-43/h6-7,9,11-13,21-22,26,39,43-44H,14-20,23-25H2,1-5H3. The Morgan fingerprint density at radius 3 is 2.38 bits per heavy atom. The maximum atomic E-state index is 13.8. The van der Waals surface area contributed by atoms with Gasteiger partial charge in [-0.1, -0.05) is 18.1 Å². The molecule has 0 aliphatic carbocycles.